The Bertz CT molecular complexity index is 1190. The number of fused-ring (bicyclic) bond motifs is 3. The van der Waals surface area contributed by atoms with E-state index in [1.165, 1.54) is 5.39 Å². The van der Waals surface area contributed by atoms with E-state index in [2.05, 4.69) is 74.0 Å². The molecule has 3 nitrogen and oxygen atoms in total. The smallest absolute Gasteiger partial charge is 0.138 e. The minimum Gasteiger partial charge on any atom is -0.294 e. The van der Waals surface area contributed by atoms with Gasteiger partial charge < -0.3 is 0 Å². The molecule has 0 aliphatic rings. The highest BCUT2D eigenvalue weighted by Crippen LogP contribution is 2.31. The van der Waals surface area contributed by atoms with Crippen LogP contribution in [-0.4, -0.2) is 14.5 Å². The third-order valence-corrected chi connectivity index (χ3v) is 5.11. The summed E-state index contributed by atoms with van der Waals surface area (Å²) in [6.45, 7) is 0. The van der Waals surface area contributed by atoms with E-state index in [1.807, 2.05) is 36.7 Å². The molecule has 0 aliphatic heterocycles. The summed E-state index contributed by atoms with van der Waals surface area (Å²) in [4.78, 5) is 9.25. The standard InChI is InChI=1S/C22H14BrN3/c23-16-10-8-15(9-11-16)19-5-3-7-22(25-19)26-20-6-2-1-4-17(20)18-14-24-13-12-21(18)26/h1-14H. The van der Waals surface area contributed by atoms with Gasteiger partial charge in [-0.2, -0.15) is 0 Å². The van der Waals surface area contributed by atoms with Crippen molar-refractivity contribution in [2.75, 3.05) is 0 Å². The molecule has 3 heterocycles. The van der Waals surface area contributed by atoms with Crippen LogP contribution in [0.1, 0.15) is 0 Å². The highest BCUT2D eigenvalue weighted by Gasteiger charge is 2.13. The van der Waals surface area contributed by atoms with Gasteiger partial charge in [-0.1, -0.05) is 52.3 Å². The van der Waals surface area contributed by atoms with Gasteiger partial charge in [-0.05, 0) is 36.4 Å². The molecule has 0 saturated carbocycles. The molecule has 0 saturated heterocycles. The van der Waals surface area contributed by atoms with Crippen LogP contribution in [0.5, 0.6) is 0 Å². The summed E-state index contributed by atoms with van der Waals surface area (Å²) in [5, 5.41) is 2.32. The van der Waals surface area contributed by atoms with Crippen molar-refractivity contribution < 1.29 is 0 Å². The van der Waals surface area contributed by atoms with Gasteiger partial charge >= 0.3 is 0 Å². The van der Waals surface area contributed by atoms with Crippen LogP contribution >= 0.6 is 15.9 Å². The van der Waals surface area contributed by atoms with Gasteiger partial charge in [-0.3, -0.25) is 9.55 Å². The maximum Gasteiger partial charge on any atom is 0.138 e. The molecule has 0 bridgehead atoms. The van der Waals surface area contributed by atoms with Crippen LogP contribution in [0.2, 0.25) is 0 Å². The summed E-state index contributed by atoms with van der Waals surface area (Å²) in [5.74, 6) is 0.905. The summed E-state index contributed by atoms with van der Waals surface area (Å²) in [7, 11) is 0. The minimum atomic E-state index is 0.905. The van der Waals surface area contributed by atoms with Gasteiger partial charge in [-0.25, -0.2) is 4.98 Å². The number of halogens is 1. The number of hydrogen-bond acceptors (Lipinski definition) is 2. The quantitative estimate of drug-likeness (QED) is 0.364. The van der Waals surface area contributed by atoms with Crippen LogP contribution in [-0.2, 0) is 0 Å². The van der Waals surface area contributed by atoms with E-state index in [-0.39, 0.29) is 0 Å². The van der Waals surface area contributed by atoms with Crippen molar-refractivity contribution >= 4 is 37.7 Å². The Balaban J connectivity index is 1.78. The third kappa shape index (κ3) is 2.42. The number of pyridine rings is 2. The first-order valence-corrected chi connectivity index (χ1v) is 9.17. The van der Waals surface area contributed by atoms with Crippen LogP contribution in [0.15, 0.2) is 89.7 Å². The van der Waals surface area contributed by atoms with Crippen LogP contribution in [0.4, 0.5) is 0 Å². The number of aromatic nitrogens is 3. The highest BCUT2D eigenvalue weighted by molar-refractivity contribution is 9.10. The second-order valence-corrected chi connectivity index (χ2v) is 7.05. The van der Waals surface area contributed by atoms with Gasteiger partial charge in [0.25, 0.3) is 0 Å². The number of hydrogen-bond donors (Lipinski definition) is 0. The highest BCUT2D eigenvalue weighted by atomic mass is 79.9. The number of nitrogens with zero attached hydrogens (tertiary/aromatic N) is 3. The Morgan fingerprint density at radius 2 is 1.54 bits per heavy atom. The third-order valence-electron chi connectivity index (χ3n) is 4.58. The fourth-order valence-corrected chi connectivity index (χ4v) is 3.66. The van der Waals surface area contributed by atoms with E-state index in [0.717, 1.165) is 38.0 Å². The van der Waals surface area contributed by atoms with E-state index in [0.29, 0.717) is 0 Å². The molecule has 4 heteroatoms. The van der Waals surface area contributed by atoms with Crippen LogP contribution in [0.3, 0.4) is 0 Å². The Kier molecular flexibility index (Phi) is 3.57. The Morgan fingerprint density at radius 1 is 0.731 bits per heavy atom. The van der Waals surface area contributed by atoms with Crippen LogP contribution in [0, 0.1) is 0 Å². The first-order chi connectivity index (χ1) is 12.8. The van der Waals surface area contributed by atoms with Gasteiger partial charge in [-0.15, -0.1) is 0 Å². The van der Waals surface area contributed by atoms with Crippen molar-refractivity contribution in [1.82, 2.24) is 14.5 Å². The first kappa shape index (κ1) is 15.3. The molecular weight excluding hydrogens is 386 g/mol. The molecule has 2 aromatic carbocycles. The van der Waals surface area contributed by atoms with E-state index in [9.17, 15) is 0 Å². The lowest BCUT2D eigenvalue weighted by atomic mass is 10.1. The number of para-hydroxylation sites is 1. The van der Waals surface area contributed by atoms with Crippen molar-refractivity contribution in [1.29, 1.82) is 0 Å². The van der Waals surface area contributed by atoms with Crippen LogP contribution < -0.4 is 0 Å². The van der Waals surface area contributed by atoms with Crippen molar-refractivity contribution in [3.05, 3.63) is 89.7 Å². The lowest BCUT2D eigenvalue weighted by molar-refractivity contribution is 1.08. The van der Waals surface area contributed by atoms with Gasteiger partial charge in [0.05, 0.1) is 16.7 Å². The summed E-state index contributed by atoms with van der Waals surface area (Å²) in [5.41, 5.74) is 4.30. The monoisotopic (exact) mass is 399 g/mol. The molecule has 3 aromatic heterocycles. The zero-order valence-corrected chi connectivity index (χ0v) is 15.4. The first-order valence-electron chi connectivity index (χ1n) is 8.38. The van der Waals surface area contributed by atoms with E-state index >= 15 is 0 Å². The van der Waals surface area contributed by atoms with Gasteiger partial charge in [0.1, 0.15) is 5.82 Å². The fourth-order valence-electron chi connectivity index (χ4n) is 3.39. The Morgan fingerprint density at radius 3 is 2.42 bits per heavy atom. The topological polar surface area (TPSA) is 30.7 Å². The number of benzene rings is 2. The maximum absolute atomic E-state index is 4.94. The lowest BCUT2D eigenvalue weighted by Gasteiger charge is -2.09. The van der Waals surface area contributed by atoms with Crippen molar-refractivity contribution in [3.8, 4) is 17.1 Å². The molecule has 5 aromatic rings. The molecule has 0 radical (unpaired) electrons. The van der Waals surface area contributed by atoms with E-state index < -0.39 is 0 Å². The molecule has 0 spiro atoms. The van der Waals surface area contributed by atoms with E-state index in [4.69, 9.17) is 4.98 Å². The summed E-state index contributed by atoms with van der Waals surface area (Å²) in [6.07, 6.45) is 3.75. The zero-order valence-electron chi connectivity index (χ0n) is 13.8. The molecule has 0 aliphatic carbocycles. The van der Waals surface area contributed by atoms with Crippen molar-refractivity contribution in [2.45, 2.75) is 0 Å². The SMILES string of the molecule is Brc1ccc(-c2cccc(-n3c4ccccc4c4cnccc43)n2)cc1. The Labute approximate surface area is 159 Å². The predicted molar refractivity (Wildman–Crippen MR) is 110 cm³/mol. The largest absolute Gasteiger partial charge is 0.294 e. The normalized spacial score (nSPS) is 11.3. The molecule has 0 unspecified atom stereocenters. The average Bonchev–Trinajstić information content (AvgIpc) is 3.03. The summed E-state index contributed by atoms with van der Waals surface area (Å²) >= 11 is 3.49. The number of rotatable bonds is 2. The lowest BCUT2D eigenvalue weighted by Crippen LogP contribution is -1.98. The molecule has 0 atom stereocenters. The minimum absolute atomic E-state index is 0.905. The molecule has 124 valence electrons. The second-order valence-electron chi connectivity index (χ2n) is 6.13. The predicted octanol–water partition coefficient (Wildman–Crippen LogP) is 6.00. The van der Waals surface area contributed by atoms with Crippen molar-refractivity contribution in [2.24, 2.45) is 0 Å². The summed E-state index contributed by atoms with van der Waals surface area (Å²) in [6, 6.07) is 24.8. The van der Waals surface area contributed by atoms with Crippen LogP contribution in [0.25, 0.3) is 38.9 Å². The maximum atomic E-state index is 4.94. The second kappa shape index (κ2) is 6.07. The zero-order chi connectivity index (χ0) is 17.5. The fraction of sp³-hybridized carbons (Fsp3) is 0. The Hall–Kier alpha value is -2.98. The molecule has 0 fully saturated rings. The van der Waals surface area contributed by atoms with Gasteiger partial charge in [0.15, 0.2) is 0 Å². The molecule has 0 N–H and O–H groups in total. The summed E-state index contributed by atoms with van der Waals surface area (Å²) < 4.78 is 3.27. The van der Waals surface area contributed by atoms with Gasteiger partial charge in [0.2, 0.25) is 0 Å². The molecular formula is C22H14BrN3. The molecule has 5 rings (SSSR count). The molecule has 26 heavy (non-hydrogen) atoms. The molecule has 0 amide bonds. The van der Waals surface area contributed by atoms with Gasteiger partial charge in [0, 0.05) is 33.2 Å². The van der Waals surface area contributed by atoms with E-state index in [1.54, 1.807) is 0 Å². The average molecular weight is 400 g/mol. The van der Waals surface area contributed by atoms with Crippen molar-refractivity contribution in [3.63, 3.8) is 0 Å².